The van der Waals surface area contributed by atoms with Crippen molar-refractivity contribution in [3.8, 4) is 17.2 Å². The number of rotatable bonds is 1. The van der Waals surface area contributed by atoms with Gasteiger partial charge < -0.3 is 24.4 Å². The Morgan fingerprint density at radius 3 is 2.64 bits per heavy atom. The highest BCUT2D eigenvalue weighted by molar-refractivity contribution is 5.97. The lowest BCUT2D eigenvalue weighted by Crippen LogP contribution is -2.54. The number of ether oxygens (including phenoxy) is 3. The zero-order chi connectivity index (χ0) is 19.1. The van der Waals surface area contributed by atoms with Crippen LogP contribution in [0.25, 0.3) is 0 Å². The summed E-state index contributed by atoms with van der Waals surface area (Å²) in [7, 11) is 0. The second kappa shape index (κ2) is 6.44. The smallest absolute Gasteiger partial charge is 0.255 e. The molecule has 0 aliphatic carbocycles. The summed E-state index contributed by atoms with van der Waals surface area (Å²) in [5, 5.41) is 2.97. The summed E-state index contributed by atoms with van der Waals surface area (Å²) in [6, 6.07) is 12.5. The molecule has 3 heterocycles. The van der Waals surface area contributed by atoms with E-state index in [1.807, 2.05) is 23.1 Å². The highest BCUT2D eigenvalue weighted by Crippen LogP contribution is 2.35. The van der Waals surface area contributed by atoms with Crippen LogP contribution in [0.3, 0.4) is 0 Å². The molecular weight excluding hydrogens is 360 g/mol. The Bertz CT molecular complexity index is 950. The van der Waals surface area contributed by atoms with Gasteiger partial charge in [-0.2, -0.15) is 0 Å². The first-order valence-corrected chi connectivity index (χ1v) is 9.39. The monoisotopic (exact) mass is 380 g/mol. The molecule has 2 aromatic carbocycles. The number of carbonyl (C=O) groups is 2. The van der Waals surface area contributed by atoms with Gasteiger partial charge in [0.2, 0.25) is 6.79 Å². The molecule has 0 aromatic heterocycles. The van der Waals surface area contributed by atoms with Crippen molar-refractivity contribution < 1.29 is 23.8 Å². The lowest BCUT2D eigenvalue weighted by atomic mass is 9.90. The van der Waals surface area contributed by atoms with Crippen molar-refractivity contribution >= 4 is 11.8 Å². The van der Waals surface area contributed by atoms with Crippen LogP contribution < -0.4 is 19.5 Å². The molecule has 7 nitrogen and oxygen atoms in total. The molecule has 144 valence electrons. The number of hydrogen-bond acceptors (Lipinski definition) is 5. The number of likely N-dealkylation sites (tertiary alicyclic amines) is 1. The van der Waals surface area contributed by atoms with E-state index >= 15 is 0 Å². The lowest BCUT2D eigenvalue weighted by molar-refractivity contribution is 0.00770. The van der Waals surface area contributed by atoms with Crippen LogP contribution in [0.4, 0.5) is 0 Å². The van der Waals surface area contributed by atoms with E-state index in [-0.39, 0.29) is 18.6 Å². The van der Waals surface area contributed by atoms with Gasteiger partial charge in [-0.3, -0.25) is 9.59 Å². The fraction of sp³-hybridized carbons (Fsp3) is 0.333. The molecule has 2 amide bonds. The van der Waals surface area contributed by atoms with Gasteiger partial charge in [-0.15, -0.1) is 0 Å². The van der Waals surface area contributed by atoms with Gasteiger partial charge in [0.15, 0.2) is 11.5 Å². The molecule has 28 heavy (non-hydrogen) atoms. The lowest BCUT2D eigenvalue weighted by Gasteiger charge is -2.41. The van der Waals surface area contributed by atoms with Crippen molar-refractivity contribution in [1.82, 2.24) is 10.2 Å². The van der Waals surface area contributed by atoms with E-state index in [4.69, 9.17) is 14.2 Å². The first kappa shape index (κ1) is 16.9. The number of para-hydroxylation sites is 1. The number of nitrogens with zero attached hydrogens (tertiary/aromatic N) is 1. The standard InChI is InChI=1S/C21H20N2O5/c24-19-15-3-1-2-4-16(15)28-21(12-22-19)7-9-23(10-8-21)20(25)14-5-6-17-18(11-14)27-13-26-17/h1-6,11H,7-10,12-13H2,(H,22,24). The first-order chi connectivity index (χ1) is 13.6. The van der Waals surface area contributed by atoms with Crippen molar-refractivity contribution in [1.29, 1.82) is 0 Å². The van der Waals surface area contributed by atoms with E-state index in [9.17, 15) is 9.59 Å². The number of piperidine rings is 1. The largest absolute Gasteiger partial charge is 0.484 e. The molecule has 3 aliphatic rings. The number of carbonyl (C=O) groups excluding carboxylic acids is 2. The Kier molecular flexibility index (Phi) is 3.89. The summed E-state index contributed by atoms with van der Waals surface area (Å²) >= 11 is 0. The predicted molar refractivity (Wildman–Crippen MR) is 99.8 cm³/mol. The van der Waals surface area contributed by atoms with E-state index in [1.54, 1.807) is 24.3 Å². The van der Waals surface area contributed by atoms with E-state index in [0.717, 1.165) is 0 Å². The zero-order valence-electron chi connectivity index (χ0n) is 15.3. The molecule has 0 unspecified atom stereocenters. The fourth-order valence-electron chi connectivity index (χ4n) is 3.96. The van der Waals surface area contributed by atoms with Crippen molar-refractivity contribution in [2.75, 3.05) is 26.4 Å². The molecule has 7 heteroatoms. The second-order valence-electron chi connectivity index (χ2n) is 7.32. The number of benzene rings is 2. The third-order valence-electron chi connectivity index (χ3n) is 5.61. The fourth-order valence-corrected chi connectivity index (χ4v) is 3.96. The Balaban J connectivity index is 1.31. The third kappa shape index (κ3) is 2.83. The number of hydrogen-bond donors (Lipinski definition) is 1. The molecule has 0 atom stereocenters. The number of nitrogens with one attached hydrogen (secondary N) is 1. The molecule has 2 aromatic rings. The molecule has 1 fully saturated rings. The highest BCUT2D eigenvalue weighted by Gasteiger charge is 2.41. The summed E-state index contributed by atoms with van der Waals surface area (Å²) in [6.45, 7) is 1.74. The maximum atomic E-state index is 12.9. The second-order valence-corrected chi connectivity index (χ2v) is 7.32. The molecule has 1 saturated heterocycles. The average molecular weight is 380 g/mol. The molecule has 0 bridgehead atoms. The summed E-state index contributed by atoms with van der Waals surface area (Å²) in [5.41, 5.74) is 0.646. The minimum Gasteiger partial charge on any atom is -0.484 e. The van der Waals surface area contributed by atoms with E-state index < -0.39 is 5.60 Å². The van der Waals surface area contributed by atoms with Gasteiger partial charge in [0, 0.05) is 31.5 Å². The minimum atomic E-state index is -0.492. The van der Waals surface area contributed by atoms with E-state index in [2.05, 4.69) is 5.32 Å². The predicted octanol–water partition coefficient (Wildman–Crippen LogP) is 2.21. The first-order valence-electron chi connectivity index (χ1n) is 9.39. The van der Waals surface area contributed by atoms with Gasteiger partial charge in [-0.1, -0.05) is 12.1 Å². The van der Waals surface area contributed by atoms with E-state index in [1.165, 1.54) is 0 Å². The van der Waals surface area contributed by atoms with Crippen LogP contribution in [-0.4, -0.2) is 48.7 Å². The molecule has 1 spiro atoms. The van der Waals surface area contributed by atoms with Crippen LogP contribution in [0.5, 0.6) is 17.2 Å². The number of amides is 2. The van der Waals surface area contributed by atoms with Crippen LogP contribution in [-0.2, 0) is 0 Å². The van der Waals surface area contributed by atoms with Gasteiger partial charge in [0.25, 0.3) is 11.8 Å². The van der Waals surface area contributed by atoms with Crippen LogP contribution in [0.2, 0.25) is 0 Å². The quantitative estimate of drug-likeness (QED) is 0.821. The van der Waals surface area contributed by atoms with Gasteiger partial charge in [0.05, 0.1) is 12.1 Å². The van der Waals surface area contributed by atoms with Crippen LogP contribution >= 0.6 is 0 Å². The zero-order valence-corrected chi connectivity index (χ0v) is 15.3. The van der Waals surface area contributed by atoms with Crippen LogP contribution in [0, 0.1) is 0 Å². The van der Waals surface area contributed by atoms with Gasteiger partial charge in [-0.25, -0.2) is 0 Å². The maximum Gasteiger partial charge on any atom is 0.255 e. The molecule has 0 saturated carbocycles. The highest BCUT2D eigenvalue weighted by atomic mass is 16.7. The van der Waals surface area contributed by atoms with E-state index in [0.29, 0.717) is 60.9 Å². The summed E-state index contributed by atoms with van der Waals surface area (Å²) < 4.78 is 17.0. The maximum absolute atomic E-state index is 12.9. The Morgan fingerprint density at radius 2 is 1.79 bits per heavy atom. The van der Waals surface area contributed by atoms with Crippen LogP contribution in [0.1, 0.15) is 33.6 Å². The third-order valence-corrected chi connectivity index (χ3v) is 5.61. The topological polar surface area (TPSA) is 77.1 Å². The van der Waals surface area contributed by atoms with Gasteiger partial charge >= 0.3 is 0 Å². The summed E-state index contributed by atoms with van der Waals surface area (Å²) in [6.07, 6.45) is 1.30. The Labute approximate surface area is 162 Å². The van der Waals surface area contributed by atoms with Gasteiger partial charge in [0.1, 0.15) is 11.4 Å². The summed E-state index contributed by atoms with van der Waals surface area (Å²) in [4.78, 5) is 27.0. The molecule has 0 radical (unpaired) electrons. The molecule has 5 rings (SSSR count). The van der Waals surface area contributed by atoms with Crippen LogP contribution in [0.15, 0.2) is 42.5 Å². The van der Waals surface area contributed by atoms with Gasteiger partial charge in [-0.05, 0) is 30.3 Å². The van der Waals surface area contributed by atoms with Crippen molar-refractivity contribution in [2.45, 2.75) is 18.4 Å². The molecule has 3 aliphatic heterocycles. The average Bonchev–Trinajstić information content (AvgIpc) is 3.15. The van der Waals surface area contributed by atoms with Crippen molar-refractivity contribution in [3.05, 3.63) is 53.6 Å². The minimum absolute atomic E-state index is 0.0359. The number of fused-ring (bicyclic) bond motifs is 2. The Morgan fingerprint density at radius 1 is 1.00 bits per heavy atom. The normalized spacial score (nSPS) is 19.4. The Hall–Kier alpha value is -3.22. The molecule has 1 N–H and O–H groups in total. The van der Waals surface area contributed by atoms with Crippen molar-refractivity contribution in [2.24, 2.45) is 0 Å². The molecular formula is C21H20N2O5. The van der Waals surface area contributed by atoms with Crippen molar-refractivity contribution in [3.63, 3.8) is 0 Å². The summed E-state index contributed by atoms with van der Waals surface area (Å²) in [5.74, 6) is 1.71. The SMILES string of the molecule is O=C1NCC2(CCN(C(=O)c3ccc4c(c3)OCO4)CC2)Oc2ccccc21.